The van der Waals surface area contributed by atoms with Crippen molar-refractivity contribution in [1.29, 1.82) is 0 Å². The molecular formula is C14H12N2S. The lowest BCUT2D eigenvalue weighted by molar-refractivity contribution is 1.18. The van der Waals surface area contributed by atoms with Crippen LogP contribution in [0.4, 0.5) is 0 Å². The summed E-state index contributed by atoms with van der Waals surface area (Å²) >= 11 is 1.82. The van der Waals surface area contributed by atoms with Crippen molar-refractivity contribution in [2.24, 2.45) is 10.2 Å². The summed E-state index contributed by atoms with van der Waals surface area (Å²) < 4.78 is 0. The fraction of sp³-hybridized carbons (Fsp3) is 0.143. The van der Waals surface area contributed by atoms with Gasteiger partial charge in [0.15, 0.2) is 0 Å². The predicted molar refractivity (Wildman–Crippen MR) is 72.5 cm³/mol. The van der Waals surface area contributed by atoms with E-state index in [0.29, 0.717) is 0 Å². The van der Waals surface area contributed by atoms with Crippen molar-refractivity contribution >= 4 is 17.5 Å². The first-order chi connectivity index (χ1) is 8.34. The molecule has 0 aromatic heterocycles. The zero-order valence-corrected chi connectivity index (χ0v) is 10.4. The van der Waals surface area contributed by atoms with Gasteiger partial charge in [0.05, 0.1) is 11.4 Å². The highest BCUT2D eigenvalue weighted by Gasteiger charge is 2.16. The normalized spacial score (nSPS) is 18.6. The Bertz CT molecular complexity index is 565. The number of thioether (sulfide) groups is 1. The van der Waals surface area contributed by atoms with Gasteiger partial charge in [-0.3, -0.25) is 0 Å². The summed E-state index contributed by atoms with van der Waals surface area (Å²) in [5.41, 5.74) is 4.28. The third-order valence-electron chi connectivity index (χ3n) is 2.79. The van der Waals surface area contributed by atoms with Crippen molar-refractivity contribution in [3.63, 3.8) is 0 Å². The van der Waals surface area contributed by atoms with Gasteiger partial charge in [0.1, 0.15) is 0 Å². The lowest BCUT2D eigenvalue weighted by Crippen LogP contribution is -1.83. The molecule has 17 heavy (non-hydrogen) atoms. The van der Waals surface area contributed by atoms with Gasteiger partial charge >= 0.3 is 0 Å². The van der Waals surface area contributed by atoms with E-state index in [1.54, 1.807) is 0 Å². The molecule has 2 aliphatic heterocycles. The van der Waals surface area contributed by atoms with Crippen molar-refractivity contribution in [1.82, 2.24) is 0 Å². The number of hydrogen-bond acceptors (Lipinski definition) is 3. The molecule has 2 nitrogen and oxygen atoms in total. The molecule has 0 N–H and O–H groups in total. The maximum atomic E-state index is 4.39. The van der Waals surface area contributed by atoms with Crippen molar-refractivity contribution in [3.05, 3.63) is 64.2 Å². The fourth-order valence-electron chi connectivity index (χ4n) is 1.92. The van der Waals surface area contributed by atoms with Crippen LogP contribution >= 0.6 is 11.8 Å². The van der Waals surface area contributed by atoms with Gasteiger partial charge in [-0.05, 0) is 24.6 Å². The molecule has 0 saturated carbocycles. The van der Waals surface area contributed by atoms with E-state index in [-0.39, 0.29) is 0 Å². The molecule has 0 saturated heterocycles. The van der Waals surface area contributed by atoms with Crippen molar-refractivity contribution < 1.29 is 0 Å². The highest BCUT2D eigenvalue weighted by molar-refractivity contribution is 8.03. The van der Waals surface area contributed by atoms with Gasteiger partial charge in [-0.1, -0.05) is 30.3 Å². The maximum Gasteiger partial charge on any atom is 0.0961 e. The molecule has 0 aliphatic carbocycles. The largest absolute Gasteiger partial charge is 0.150 e. The molecule has 0 bridgehead atoms. The number of fused-ring (bicyclic) bond motifs is 1. The van der Waals surface area contributed by atoms with Crippen LogP contribution in [-0.2, 0) is 0 Å². The van der Waals surface area contributed by atoms with Crippen LogP contribution in [-0.4, -0.2) is 5.75 Å². The average Bonchev–Trinajstić information content (AvgIpc) is 2.72. The summed E-state index contributed by atoms with van der Waals surface area (Å²) in [6, 6.07) is 10.2. The summed E-state index contributed by atoms with van der Waals surface area (Å²) in [6.07, 6.45) is 4.31. The third-order valence-corrected chi connectivity index (χ3v) is 3.77. The van der Waals surface area contributed by atoms with Crippen LogP contribution in [0.5, 0.6) is 0 Å². The van der Waals surface area contributed by atoms with E-state index in [2.05, 4.69) is 41.4 Å². The predicted octanol–water partition coefficient (Wildman–Crippen LogP) is 4.40. The first kappa shape index (κ1) is 10.5. The molecule has 1 aromatic rings. The fourth-order valence-corrected chi connectivity index (χ4v) is 2.87. The average molecular weight is 240 g/mol. The van der Waals surface area contributed by atoms with E-state index in [4.69, 9.17) is 0 Å². The molecular weight excluding hydrogens is 228 g/mol. The second-order valence-electron chi connectivity index (χ2n) is 4.01. The quantitative estimate of drug-likeness (QED) is 0.714. The smallest absolute Gasteiger partial charge is 0.0961 e. The first-order valence-corrected chi connectivity index (χ1v) is 6.56. The number of rotatable bonds is 1. The van der Waals surface area contributed by atoms with Crippen LogP contribution < -0.4 is 0 Å². The standard InChI is InChI=1S/C14H12N2S/c1-10-9-13-12(7-8-17-13)15-16-14(10)11-5-3-2-4-6-11/h2-7,9H,8H2,1H3. The Morgan fingerprint density at radius 2 is 1.94 bits per heavy atom. The van der Waals surface area contributed by atoms with Crippen LogP contribution in [0.1, 0.15) is 12.5 Å². The molecule has 1 aromatic carbocycles. The summed E-state index contributed by atoms with van der Waals surface area (Å²) in [4.78, 5) is 1.23. The number of allylic oxidation sites excluding steroid dienone is 2. The van der Waals surface area contributed by atoms with E-state index < -0.39 is 0 Å². The van der Waals surface area contributed by atoms with E-state index in [0.717, 1.165) is 22.7 Å². The van der Waals surface area contributed by atoms with E-state index >= 15 is 0 Å². The Hall–Kier alpha value is -1.61. The molecule has 2 heterocycles. The van der Waals surface area contributed by atoms with E-state index in [1.165, 1.54) is 10.5 Å². The summed E-state index contributed by atoms with van der Waals surface area (Å²) in [5, 5.41) is 8.72. The number of nitrogens with zero attached hydrogens (tertiary/aromatic N) is 2. The highest BCUT2D eigenvalue weighted by Crippen LogP contribution is 2.37. The summed E-state index contributed by atoms with van der Waals surface area (Å²) in [5.74, 6) is 1.01. The molecule has 84 valence electrons. The van der Waals surface area contributed by atoms with Crippen LogP contribution in [0.25, 0.3) is 5.70 Å². The van der Waals surface area contributed by atoms with Gasteiger partial charge in [-0.25, -0.2) is 0 Å². The van der Waals surface area contributed by atoms with Crippen LogP contribution in [0, 0.1) is 0 Å². The topological polar surface area (TPSA) is 24.7 Å². The minimum absolute atomic E-state index is 0.967. The Morgan fingerprint density at radius 3 is 2.76 bits per heavy atom. The minimum atomic E-state index is 0.967. The van der Waals surface area contributed by atoms with E-state index in [1.807, 2.05) is 30.0 Å². The SMILES string of the molecule is CC1=C(c2ccccc2)N=NC2=CCSC2=C1. The summed E-state index contributed by atoms with van der Waals surface area (Å²) in [6.45, 7) is 2.09. The van der Waals surface area contributed by atoms with Gasteiger partial charge < -0.3 is 0 Å². The summed E-state index contributed by atoms with van der Waals surface area (Å²) in [7, 11) is 0. The number of azo groups is 1. The zero-order valence-electron chi connectivity index (χ0n) is 9.55. The van der Waals surface area contributed by atoms with Gasteiger partial charge in [0, 0.05) is 16.2 Å². The highest BCUT2D eigenvalue weighted by atomic mass is 32.2. The lowest BCUT2D eigenvalue weighted by atomic mass is 10.1. The maximum absolute atomic E-state index is 4.39. The Morgan fingerprint density at radius 1 is 1.12 bits per heavy atom. The van der Waals surface area contributed by atoms with Crippen molar-refractivity contribution in [2.75, 3.05) is 5.75 Å². The molecule has 0 fully saturated rings. The Labute approximate surface area is 105 Å². The van der Waals surface area contributed by atoms with Crippen molar-refractivity contribution in [2.45, 2.75) is 6.92 Å². The molecule has 3 heteroatoms. The van der Waals surface area contributed by atoms with Crippen LogP contribution in [0.15, 0.2) is 68.9 Å². The molecule has 0 unspecified atom stereocenters. The van der Waals surface area contributed by atoms with Crippen LogP contribution in [0.2, 0.25) is 0 Å². The van der Waals surface area contributed by atoms with Gasteiger partial charge in [-0.2, -0.15) is 0 Å². The van der Waals surface area contributed by atoms with Gasteiger partial charge in [-0.15, -0.1) is 22.0 Å². The molecule has 0 atom stereocenters. The second kappa shape index (κ2) is 4.34. The molecule has 0 spiro atoms. The molecule has 0 radical (unpaired) electrons. The van der Waals surface area contributed by atoms with Crippen molar-refractivity contribution in [3.8, 4) is 0 Å². The first-order valence-electron chi connectivity index (χ1n) is 5.57. The van der Waals surface area contributed by atoms with Crippen LogP contribution in [0.3, 0.4) is 0 Å². The van der Waals surface area contributed by atoms with Gasteiger partial charge in [0.2, 0.25) is 0 Å². The minimum Gasteiger partial charge on any atom is -0.150 e. The number of hydrogen-bond donors (Lipinski definition) is 0. The Balaban J connectivity index is 2.10. The second-order valence-corrected chi connectivity index (χ2v) is 5.07. The number of benzene rings is 1. The molecule has 3 rings (SSSR count). The zero-order chi connectivity index (χ0) is 11.7. The van der Waals surface area contributed by atoms with Gasteiger partial charge in [0.25, 0.3) is 0 Å². The lowest BCUT2D eigenvalue weighted by Gasteiger charge is -2.02. The third kappa shape index (κ3) is 1.98. The molecule has 0 amide bonds. The monoisotopic (exact) mass is 240 g/mol. The Kier molecular flexibility index (Phi) is 2.69. The van der Waals surface area contributed by atoms with E-state index in [9.17, 15) is 0 Å². The molecule has 2 aliphatic rings.